The lowest BCUT2D eigenvalue weighted by Gasteiger charge is -2.20. The van der Waals surface area contributed by atoms with Crippen LogP contribution in [-0.2, 0) is 14.8 Å². The van der Waals surface area contributed by atoms with Crippen LogP contribution in [0.3, 0.4) is 0 Å². The third kappa shape index (κ3) is 4.98. The second kappa shape index (κ2) is 8.71. The van der Waals surface area contributed by atoms with Crippen molar-refractivity contribution in [3.05, 3.63) is 54.1 Å². The monoisotopic (exact) mass is 376 g/mol. The van der Waals surface area contributed by atoms with Gasteiger partial charge in [-0.15, -0.1) is 0 Å². The van der Waals surface area contributed by atoms with Crippen LogP contribution in [0.2, 0.25) is 0 Å². The van der Waals surface area contributed by atoms with Gasteiger partial charge in [-0.25, -0.2) is 8.42 Å². The molecule has 2 aromatic carbocycles. The van der Waals surface area contributed by atoms with Gasteiger partial charge in [-0.1, -0.05) is 24.6 Å². The molecule has 0 aliphatic rings. The number of nitrogens with one attached hydrogen (secondary N) is 1. The highest BCUT2D eigenvalue weighted by atomic mass is 32.2. The number of aryl methyl sites for hydroxylation is 1. The van der Waals surface area contributed by atoms with E-state index in [1.807, 2.05) is 13.8 Å². The Bertz CT molecular complexity index is 831. The first-order valence-electron chi connectivity index (χ1n) is 8.39. The van der Waals surface area contributed by atoms with Gasteiger partial charge in [-0.2, -0.15) is 0 Å². The molecule has 2 aromatic rings. The molecule has 0 saturated heterocycles. The number of benzene rings is 2. The van der Waals surface area contributed by atoms with Crippen molar-refractivity contribution in [3.8, 4) is 5.75 Å². The lowest BCUT2D eigenvalue weighted by atomic mass is 10.2. The van der Waals surface area contributed by atoms with E-state index < -0.39 is 10.0 Å². The molecule has 0 fully saturated rings. The Labute approximate surface area is 154 Å². The van der Waals surface area contributed by atoms with Crippen molar-refractivity contribution in [2.45, 2.75) is 25.2 Å². The first-order chi connectivity index (χ1) is 12.3. The molecule has 0 unspecified atom stereocenters. The first-order valence-corrected chi connectivity index (χ1v) is 9.83. The molecule has 0 aromatic heterocycles. The molecule has 140 valence electrons. The molecule has 26 heavy (non-hydrogen) atoms. The molecule has 6 nitrogen and oxygen atoms in total. The predicted molar refractivity (Wildman–Crippen MR) is 102 cm³/mol. The third-order valence-corrected chi connectivity index (χ3v) is 5.62. The van der Waals surface area contributed by atoms with E-state index in [9.17, 15) is 13.2 Å². The molecule has 0 radical (unpaired) electrons. The zero-order valence-electron chi connectivity index (χ0n) is 15.2. The standard InChI is InChI=1S/C19H24N2O4S/c1-4-13-20-19(22)14-25-17-9-7-16(8-10-17)21(3)26(23,24)18-11-5-15(2)6-12-18/h5-12H,4,13-14H2,1-3H3,(H,20,22). The van der Waals surface area contributed by atoms with E-state index in [4.69, 9.17) is 4.74 Å². The number of sulfonamides is 1. The van der Waals surface area contributed by atoms with Gasteiger partial charge in [-0.05, 0) is 49.7 Å². The normalized spacial score (nSPS) is 11.0. The summed E-state index contributed by atoms with van der Waals surface area (Å²) in [5.41, 5.74) is 1.50. The maximum atomic E-state index is 12.7. The Hall–Kier alpha value is -2.54. The summed E-state index contributed by atoms with van der Waals surface area (Å²) in [6.45, 7) is 4.42. The van der Waals surface area contributed by atoms with Crippen LogP contribution in [0.1, 0.15) is 18.9 Å². The van der Waals surface area contributed by atoms with Crippen molar-refractivity contribution < 1.29 is 17.9 Å². The number of hydrogen-bond acceptors (Lipinski definition) is 4. The zero-order chi connectivity index (χ0) is 19.2. The lowest BCUT2D eigenvalue weighted by molar-refractivity contribution is -0.123. The van der Waals surface area contributed by atoms with Crippen molar-refractivity contribution in [2.24, 2.45) is 0 Å². The van der Waals surface area contributed by atoms with E-state index in [0.717, 1.165) is 12.0 Å². The smallest absolute Gasteiger partial charge is 0.264 e. The third-order valence-electron chi connectivity index (χ3n) is 3.82. The molecule has 2 rings (SSSR count). The summed E-state index contributed by atoms with van der Waals surface area (Å²) in [5, 5.41) is 2.72. The van der Waals surface area contributed by atoms with Crippen LogP contribution in [0, 0.1) is 6.92 Å². The van der Waals surface area contributed by atoms with Crippen LogP contribution in [0.15, 0.2) is 53.4 Å². The molecular formula is C19H24N2O4S. The van der Waals surface area contributed by atoms with E-state index in [1.54, 1.807) is 48.5 Å². The van der Waals surface area contributed by atoms with Gasteiger partial charge < -0.3 is 10.1 Å². The van der Waals surface area contributed by atoms with Crippen LogP contribution in [0.4, 0.5) is 5.69 Å². The van der Waals surface area contributed by atoms with Gasteiger partial charge in [0.15, 0.2) is 6.61 Å². The Balaban J connectivity index is 2.05. The van der Waals surface area contributed by atoms with Crippen molar-refractivity contribution in [2.75, 3.05) is 24.5 Å². The summed E-state index contributed by atoms with van der Waals surface area (Å²) in [4.78, 5) is 11.8. The molecule has 0 heterocycles. The molecule has 7 heteroatoms. The number of carbonyl (C=O) groups excluding carboxylic acids is 1. The highest BCUT2D eigenvalue weighted by Gasteiger charge is 2.21. The summed E-state index contributed by atoms with van der Waals surface area (Å²) in [7, 11) is -2.13. The van der Waals surface area contributed by atoms with Gasteiger partial charge in [0.25, 0.3) is 15.9 Å². The van der Waals surface area contributed by atoms with Crippen LogP contribution in [-0.4, -0.2) is 34.5 Å². The Morgan fingerprint density at radius 1 is 1.08 bits per heavy atom. The van der Waals surface area contributed by atoms with Gasteiger partial charge in [0.05, 0.1) is 10.6 Å². The van der Waals surface area contributed by atoms with Gasteiger partial charge in [0.2, 0.25) is 0 Å². The molecule has 1 N–H and O–H groups in total. The van der Waals surface area contributed by atoms with E-state index >= 15 is 0 Å². The van der Waals surface area contributed by atoms with E-state index in [2.05, 4.69) is 5.32 Å². The molecule has 0 aliphatic heterocycles. The fourth-order valence-corrected chi connectivity index (χ4v) is 3.42. The van der Waals surface area contributed by atoms with Crippen molar-refractivity contribution in [1.82, 2.24) is 5.32 Å². The van der Waals surface area contributed by atoms with Gasteiger partial charge >= 0.3 is 0 Å². The van der Waals surface area contributed by atoms with Gasteiger partial charge in [0, 0.05) is 13.6 Å². The lowest BCUT2D eigenvalue weighted by Crippen LogP contribution is -2.29. The van der Waals surface area contributed by atoms with Gasteiger partial charge in [-0.3, -0.25) is 9.10 Å². The summed E-state index contributed by atoms with van der Waals surface area (Å²) in [6.07, 6.45) is 0.863. The summed E-state index contributed by atoms with van der Waals surface area (Å²) in [5.74, 6) is 0.316. The van der Waals surface area contributed by atoms with E-state index in [0.29, 0.717) is 18.0 Å². The highest BCUT2D eigenvalue weighted by molar-refractivity contribution is 7.92. The number of rotatable bonds is 8. The number of carbonyl (C=O) groups is 1. The number of hydrogen-bond donors (Lipinski definition) is 1. The number of nitrogens with zero attached hydrogens (tertiary/aromatic N) is 1. The number of anilines is 1. The largest absolute Gasteiger partial charge is 0.484 e. The van der Waals surface area contributed by atoms with Crippen molar-refractivity contribution >= 4 is 21.6 Å². The second-order valence-electron chi connectivity index (χ2n) is 5.92. The number of ether oxygens (including phenoxy) is 1. The highest BCUT2D eigenvalue weighted by Crippen LogP contribution is 2.24. The summed E-state index contributed by atoms with van der Waals surface area (Å²) < 4.78 is 32.0. The van der Waals surface area contributed by atoms with Crippen LogP contribution < -0.4 is 14.4 Å². The minimum Gasteiger partial charge on any atom is -0.484 e. The molecule has 0 bridgehead atoms. The fourth-order valence-electron chi connectivity index (χ4n) is 2.22. The maximum Gasteiger partial charge on any atom is 0.264 e. The van der Waals surface area contributed by atoms with Gasteiger partial charge in [0.1, 0.15) is 5.75 Å². The predicted octanol–water partition coefficient (Wildman–Crippen LogP) is 2.73. The Kier molecular flexibility index (Phi) is 6.63. The van der Waals surface area contributed by atoms with Crippen molar-refractivity contribution in [1.29, 1.82) is 0 Å². The number of amides is 1. The minimum absolute atomic E-state index is 0.0726. The summed E-state index contributed by atoms with van der Waals surface area (Å²) >= 11 is 0. The van der Waals surface area contributed by atoms with Crippen LogP contribution in [0.5, 0.6) is 5.75 Å². The molecule has 0 saturated carbocycles. The van der Waals surface area contributed by atoms with E-state index in [1.165, 1.54) is 11.4 Å². The fraction of sp³-hybridized carbons (Fsp3) is 0.316. The van der Waals surface area contributed by atoms with Crippen LogP contribution in [0.25, 0.3) is 0 Å². The second-order valence-corrected chi connectivity index (χ2v) is 7.89. The summed E-state index contributed by atoms with van der Waals surface area (Å²) in [6, 6.07) is 13.3. The molecular weight excluding hydrogens is 352 g/mol. The van der Waals surface area contributed by atoms with E-state index in [-0.39, 0.29) is 17.4 Å². The minimum atomic E-state index is -3.63. The Morgan fingerprint density at radius 2 is 1.69 bits per heavy atom. The zero-order valence-corrected chi connectivity index (χ0v) is 16.0. The molecule has 0 atom stereocenters. The maximum absolute atomic E-state index is 12.7. The average Bonchev–Trinajstić information content (AvgIpc) is 2.64. The molecule has 0 aliphatic carbocycles. The topological polar surface area (TPSA) is 75.7 Å². The Morgan fingerprint density at radius 3 is 2.27 bits per heavy atom. The molecule has 0 spiro atoms. The average molecular weight is 376 g/mol. The quantitative estimate of drug-likeness (QED) is 0.769. The van der Waals surface area contributed by atoms with Crippen molar-refractivity contribution in [3.63, 3.8) is 0 Å². The van der Waals surface area contributed by atoms with Crippen LogP contribution >= 0.6 is 0 Å². The molecule has 1 amide bonds. The first kappa shape index (κ1) is 19.8. The SMILES string of the molecule is CCCNC(=O)COc1ccc(N(C)S(=O)(=O)c2ccc(C)cc2)cc1.